The molecule has 3 saturated heterocycles. The van der Waals surface area contributed by atoms with E-state index in [2.05, 4.69) is 5.32 Å². The molecule has 0 aliphatic carbocycles. The van der Waals surface area contributed by atoms with Crippen molar-refractivity contribution in [3.63, 3.8) is 0 Å². The second-order valence-corrected chi connectivity index (χ2v) is 7.53. The number of carbonyl (C=O) groups is 1. The van der Waals surface area contributed by atoms with Crippen molar-refractivity contribution in [1.82, 2.24) is 18.8 Å². The van der Waals surface area contributed by atoms with Crippen molar-refractivity contribution in [3.8, 4) is 0 Å². The van der Waals surface area contributed by atoms with Gasteiger partial charge in [-0.1, -0.05) is 0 Å². The van der Waals surface area contributed by atoms with Crippen LogP contribution in [0.15, 0.2) is 0 Å². The molecule has 0 atom stereocenters. The third-order valence-electron chi connectivity index (χ3n) is 4.30. The largest absolute Gasteiger partial charge is 0.379 e. The molecule has 0 aromatic rings. The molecule has 3 rings (SSSR count). The molecule has 3 heterocycles. The van der Waals surface area contributed by atoms with Gasteiger partial charge in [0.05, 0.1) is 19.1 Å². The number of nitrogens with one attached hydrogen (secondary N) is 1. The molecule has 0 aromatic carbocycles. The smallest absolute Gasteiger partial charge is 0.282 e. The van der Waals surface area contributed by atoms with Crippen molar-refractivity contribution in [2.45, 2.75) is 0 Å². The van der Waals surface area contributed by atoms with E-state index in [-0.39, 0.29) is 24.2 Å². The maximum absolute atomic E-state index is 12.5. The standard InChI is InChI=1S/C12H22N4O4S.ClH/c17-12(11-9-13-10-11)14-1-3-15(4-2-14)21(18,19)16-5-7-20-8-6-16;/h11,13H,1-10H2;1H. The van der Waals surface area contributed by atoms with E-state index < -0.39 is 10.2 Å². The van der Waals surface area contributed by atoms with Crippen molar-refractivity contribution < 1.29 is 17.9 Å². The lowest BCUT2D eigenvalue weighted by Crippen LogP contribution is -2.59. The zero-order chi connectivity index (χ0) is 14.9. The maximum Gasteiger partial charge on any atom is 0.282 e. The summed E-state index contributed by atoms with van der Waals surface area (Å²) in [5.74, 6) is 0.226. The van der Waals surface area contributed by atoms with E-state index in [0.29, 0.717) is 52.5 Å². The summed E-state index contributed by atoms with van der Waals surface area (Å²) < 4.78 is 33.2. The van der Waals surface area contributed by atoms with Crippen LogP contribution in [0.1, 0.15) is 0 Å². The highest BCUT2D eigenvalue weighted by molar-refractivity contribution is 7.86. The lowest BCUT2D eigenvalue weighted by Gasteiger charge is -2.39. The van der Waals surface area contributed by atoms with Crippen LogP contribution < -0.4 is 5.32 Å². The predicted molar refractivity (Wildman–Crippen MR) is 83.1 cm³/mol. The summed E-state index contributed by atoms with van der Waals surface area (Å²) in [6, 6.07) is 0. The van der Waals surface area contributed by atoms with E-state index >= 15 is 0 Å². The first-order valence-corrected chi connectivity index (χ1v) is 8.81. The highest BCUT2D eigenvalue weighted by atomic mass is 35.5. The van der Waals surface area contributed by atoms with Gasteiger partial charge in [-0.15, -0.1) is 12.4 Å². The Kier molecular flexibility index (Phi) is 6.03. The summed E-state index contributed by atoms with van der Waals surface area (Å²) in [7, 11) is -3.41. The summed E-state index contributed by atoms with van der Waals surface area (Å²) >= 11 is 0. The van der Waals surface area contributed by atoms with E-state index in [4.69, 9.17) is 4.74 Å². The average Bonchev–Trinajstić information content (AvgIpc) is 2.46. The maximum atomic E-state index is 12.5. The molecule has 8 nitrogen and oxygen atoms in total. The first-order chi connectivity index (χ1) is 10.1. The molecule has 128 valence electrons. The second-order valence-electron chi connectivity index (χ2n) is 5.60. The van der Waals surface area contributed by atoms with E-state index in [1.54, 1.807) is 4.90 Å². The zero-order valence-corrected chi connectivity index (χ0v) is 14.1. The molecule has 3 aliphatic rings. The summed E-state index contributed by atoms with van der Waals surface area (Å²) in [4.78, 5) is 13.9. The zero-order valence-electron chi connectivity index (χ0n) is 12.4. The van der Waals surface area contributed by atoms with Crippen LogP contribution in [-0.4, -0.2) is 93.4 Å². The number of carbonyl (C=O) groups excluding carboxylic acids is 1. The predicted octanol–water partition coefficient (Wildman–Crippen LogP) is -1.65. The molecule has 0 saturated carbocycles. The van der Waals surface area contributed by atoms with Gasteiger partial charge >= 0.3 is 0 Å². The van der Waals surface area contributed by atoms with Crippen molar-refractivity contribution in [2.75, 3.05) is 65.6 Å². The van der Waals surface area contributed by atoms with Crippen LogP contribution in [0.4, 0.5) is 0 Å². The normalized spacial score (nSPS) is 25.4. The fourth-order valence-electron chi connectivity index (χ4n) is 2.80. The summed E-state index contributed by atoms with van der Waals surface area (Å²) in [6.07, 6.45) is 0. The lowest BCUT2D eigenvalue weighted by molar-refractivity contribution is -0.138. The minimum atomic E-state index is -3.41. The Hall–Kier alpha value is -0.450. The number of rotatable bonds is 3. The Morgan fingerprint density at radius 3 is 2.00 bits per heavy atom. The van der Waals surface area contributed by atoms with Crippen LogP contribution in [0.3, 0.4) is 0 Å². The Morgan fingerprint density at radius 1 is 0.955 bits per heavy atom. The van der Waals surface area contributed by atoms with Crippen LogP contribution in [0.2, 0.25) is 0 Å². The Labute approximate surface area is 137 Å². The molecule has 3 fully saturated rings. The molecule has 0 aromatic heterocycles. The number of morpholine rings is 1. The van der Waals surface area contributed by atoms with Crippen LogP contribution in [-0.2, 0) is 19.7 Å². The number of nitrogens with zero attached hydrogens (tertiary/aromatic N) is 3. The van der Waals surface area contributed by atoms with Gasteiger partial charge in [0.1, 0.15) is 0 Å². The second kappa shape index (κ2) is 7.41. The van der Waals surface area contributed by atoms with Gasteiger partial charge in [-0.25, -0.2) is 0 Å². The van der Waals surface area contributed by atoms with Crippen LogP contribution in [0.25, 0.3) is 0 Å². The lowest BCUT2D eigenvalue weighted by atomic mass is 10.0. The topological polar surface area (TPSA) is 82.2 Å². The summed E-state index contributed by atoms with van der Waals surface area (Å²) in [6.45, 7) is 4.94. The number of hydrogen-bond acceptors (Lipinski definition) is 5. The Morgan fingerprint density at radius 2 is 1.50 bits per heavy atom. The molecule has 22 heavy (non-hydrogen) atoms. The van der Waals surface area contributed by atoms with Gasteiger partial charge in [0.25, 0.3) is 10.2 Å². The van der Waals surface area contributed by atoms with Gasteiger partial charge in [-0.2, -0.15) is 17.0 Å². The number of piperazine rings is 1. The average molecular weight is 355 g/mol. The van der Waals surface area contributed by atoms with Gasteiger partial charge in [-0.3, -0.25) is 4.79 Å². The molecule has 0 unspecified atom stereocenters. The van der Waals surface area contributed by atoms with E-state index in [1.807, 2.05) is 0 Å². The van der Waals surface area contributed by atoms with Crippen molar-refractivity contribution >= 4 is 28.5 Å². The van der Waals surface area contributed by atoms with E-state index in [9.17, 15) is 13.2 Å². The van der Waals surface area contributed by atoms with Gasteiger partial charge in [0.15, 0.2) is 0 Å². The fraction of sp³-hybridized carbons (Fsp3) is 0.917. The third-order valence-corrected chi connectivity index (χ3v) is 6.34. The van der Waals surface area contributed by atoms with E-state index in [1.165, 1.54) is 8.61 Å². The molecule has 10 heteroatoms. The Balaban J connectivity index is 0.00000176. The summed E-state index contributed by atoms with van der Waals surface area (Å²) in [5, 5.41) is 3.08. The molecule has 1 amide bonds. The van der Waals surface area contributed by atoms with Gasteiger partial charge in [0, 0.05) is 52.4 Å². The molecule has 0 radical (unpaired) electrons. The highest BCUT2D eigenvalue weighted by Crippen LogP contribution is 2.16. The van der Waals surface area contributed by atoms with E-state index in [0.717, 1.165) is 13.1 Å². The minimum Gasteiger partial charge on any atom is -0.379 e. The summed E-state index contributed by atoms with van der Waals surface area (Å²) in [5.41, 5.74) is 0. The van der Waals surface area contributed by atoms with Gasteiger partial charge in [-0.05, 0) is 0 Å². The van der Waals surface area contributed by atoms with Crippen LogP contribution >= 0.6 is 12.4 Å². The number of amides is 1. The first kappa shape index (κ1) is 17.9. The minimum absolute atomic E-state index is 0. The molecule has 1 N–H and O–H groups in total. The third kappa shape index (κ3) is 3.55. The molecule has 0 spiro atoms. The van der Waals surface area contributed by atoms with Gasteiger partial charge < -0.3 is 15.0 Å². The quantitative estimate of drug-likeness (QED) is 0.656. The molecular formula is C12H23ClN4O4S. The number of ether oxygens (including phenoxy) is 1. The Bertz CT molecular complexity index is 485. The van der Waals surface area contributed by atoms with Crippen LogP contribution in [0, 0.1) is 5.92 Å². The van der Waals surface area contributed by atoms with Crippen molar-refractivity contribution in [2.24, 2.45) is 5.92 Å². The molecule has 3 aliphatic heterocycles. The number of hydrogen-bond donors (Lipinski definition) is 1. The van der Waals surface area contributed by atoms with Gasteiger partial charge in [0.2, 0.25) is 5.91 Å². The molecule has 0 bridgehead atoms. The number of halogens is 1. The van der Waals surface area contributed by atoms with Crippen molar-refractivity contribution in [1.29, 1.82) is 0 Å². The monoisotopic (exact) mass is 354 g/mol. The fourth-order valence-corrected chi connectivity index (χ4v) is 4.36. The SMILES string of the molecule is Cl.O=C(C1CNC1)N1CCN(S(=O)(=O)N2CCOCC2)CC1. The van der Waals surface area contributed by atoms with Crippen molar-refractivity contribution in [3.05, 3.63) is 0 Å². The first-order valence-electron chi connectivity index (χ1n) is 7.41. The molecular weight excluding hydrogens is 332 g/mol. The highest BCUT2D eigenvalue weighted by Gasteiger charge is 2.36. The van der Waals surface area contributed by atoms with Crippen LogP contribution in [0.5, 0.6) is 0 Å².